The predicted octanol–water partition coefficient (Wildman–Crippen LogP) is -0.834. The van der Waals surface area contributed by atoms with E-state index in [0.29, 0.717) is 4.68 Å². The van der Waals surface area contributed by atoms with Crippen molar-refractivity contribution in [1.82, 2.24) is 25.6 Å². The first-order valence-electron chi connectivity index (χ1n) is 5.79. The van der Waals surface area contributed by atoms with Gasteiger partial charge in [0.25, 0.3) is 6.43 Å². The molecule has 0 aliphatic rings. The Bertz CT molecular complexity index is 546. The molecule has 0 aliphatic carbocycles. The van der Waals surface area contributed by atoms with E-state index < -0.39 is 36.2 Å². The van der Waals surface area contributed by atoms with Gasteiger partial charge in [-0.1, -0.05) is 5.21 Å². The van der Waals surface area contributed by atoms with E-state index in [0.717, 1.165) is 0 Å². The maximum absolute atomic E-state index is 12.8. The van der Waals surface area contributed by atoms with Gasteiger partial charge in [0.2, 0.25) is 11.8 Å². The highest BCUT2D eigenvalue weighted by Gasteiger charge is 2.27. The van der Waals surface area contributed by atoms with Crippen LogP contribution in [0.15, 0.2) is 0 Å². The number of alkyl halides is 2. The molecule has 1 heterocycles. The number of carboxylic acid groups (broad SMARTS) is 1. The highest BCUT2D eigenvalue weighted by Crippen LogP contribution is 2.21. The molecule has 116 valence electrons. The molecule has 0 aromatic carbocycles. The van der Waals surface area contributed by atoms with E-state index in [1.54, 1.807) is 0 Å². The Morgan fingerprint density at radius 2 is 1.90 bits per heavy atom. The van der Waals surface area contributed by atoms with Crippen LogP contribution >= 0.6 is 0 Å². The van der Waals surface area contributed by atoms with Crippen LogP contribution in [0.1, 0.15) is 29.5 Å². The van der Waals surface area contributed by atoms with Crippen molar-refractivity contribution in [1.29, 1.82) is 0 Å². The summed E-state index contributed by atoms with van der Waals surface area (Å²) in [6.07, 6.45) is -3.13. The third-order valence-electron chi connectivity index (χ3n) is 2.30. The van der Waals surface area contributed by atoms with Crippen LogP contribution in [0, 0.1) is 0 Å². The molecule has 0 aliphatic heterocycles. The first-order chi connectivity index (χ1) is 9.82. The molecule has 0 saturated carbocycles. The van der Waals surface area contributed by atoms with Gasteiger partial charge in [0.05, 0.1) is 0 Å². The summed E-state index contributed by atoms with van der Waals surface area (Å²) in [5, 5.41) is 19.8. The number of aromatic carboxylic acids is 1. The second-order valence-electron chi connectivity index (χ2n) is 3.92. The third kappa shape index (κ3) is 4.78. The number of rotatable bonds is 7. The highest BCUT2D eigenvalue weighted by molar-refractivity contribution is 5.86. The Morgan fingerprint density at radius 3 is 2.43 bits per heavy atom. The largest absolute Gasteiger partial charge is 0.476 e. The van der Waals surface area contributed by atoms with Crippen molar-refractivity contribution in [2.45, 2.75) is 19.9 Å². The van der Waals surface area contributed by atoms with Gasteiger partial charge in [0, 0.05) is 20.0 Å². The number of carbonyl (C=O) groups is 3. The number of halogens is 2. The molecule has 2 amide bonds. The van der Waals surface area contributed by atoms with E-state index in [9.17, 15) is 23.2 Å². The fourth-order valence-electron chi connectivity index (χ4n) is 1.44. The zero-order valence-corrected chi connectivity index (χ0v) is 11.0. The summed E-state index contributed by atoms with van der Waals surface area (Å²) in [5.41, 5.74) is -1.82. The Morgan fingerprint density at radius 1 is 1.29 bits per heavy atom. The van der Waals surface area contributed by atoms with Crippen LogP contribution in [0.5, 0.6) is 0 Å². The minimum atomic E-state index is -3.13. The molecule has 0 atom stereocenters. The van der Waals surface area contributed by atoms with E-state index in [-0.39, 0.29) is 19.0 Å². The number of hydrogen-bond donors (Lipinski definition) is 3. The summed E-state index contributed by atoms with van der Waals surface area (Å²) in [6, 6.07) is 0. The lowest BCUT2D eigenvalue weighted by atomic mass is 10.3. The molecule has 0 saturated heterocycles. The van der Waals surface area contributed by atoms with E-state index in [2.05, 4.69) is 20.9 Å². The lowest BCUT2D eigenvalue weighted by Crippen LogP contribution is -2.35. The van der Waals surface area contributed by atoms with E-state index >= 15 is 0 Å². The Hall–Kier alpha value is -2.59. The van der Waals surface area contributed by atoms with Gasteiger partial charge in [-0.15, -0.1) is 5.10 Å². The molecule has 0 radical (unpaired) electrons. The molecule has 1 rings (SSSR count). The minimum absolute atomic E-state index is 0.100. The van der Waals surface area contributed by atoms with Crippen molar-refractivity contribution in [2.24, 2.45) is 0 Å². The summed E-state index contributed by atoms with van der Waals surface area (Å²) in [6.45, 7) is 0.989. The molecule has 0 spiro atoms. The highest BCUT2D eigenvalue weighted by atomic mass is 19.3. The number of carbonyl (C=O) groups excluding carboxylic acids is 2. The van der Waals surface area contributed by atoms with Crippen LogP contribution in [0.4, 0.5) is 8.78 Å². The Kier molecular flexibility index (Phi) is 5.69. The summed E-state index contributed by atoms with van der Waals surface area (Å²) < 4.78 is 26.1. The molecule has 9 nitrogen and oxygen atoms in total. The molecule has 3 N–H and O–H groups in total. The third-order valence-corrected chi connectivity index (χ3v) is 2.30. The first kappa shape index (κ1) is 16.5. The van der Waals surface area contributed by atoms with Crippen molar-refractivity contribution in [2.75, 3.05) is 13.1 Å². The molecule has 0 unspecified atom stereocenters. The lowest BCUT2D eigenvalue weighted by molar-refractivity contribution is -0.122. The van der Waals surface area contributed by atoms with Crippen molar-refractivity contribution < 1.29 is 28.3 Å². The molecular weight excluding hydrogens is 292 g/mol. The van der Waals surface area contributed by atoms with Gasteiger partial charge >= 0.3 is 5.97 Å². The average Bonchev–Trinajstić information content (AvgIpc) is 2.78. The molecule has 0 fully saturated rings. The normalized spacial score (nSPS) is 10.5. The van der Waals surface area contributed by atoms with Crippen LogP contribution in [0.3, 0.4) is 0 Å². The quantitative estimate of drug-likeness (QED) is 0.564. The van der Waals surface area contributed by atoms with Gasteiger partial charge < -0.3 is 15.7 Å². The van der Waals surface area contributed by atoms with Crippen LogP contribution in [0.2, 0.25) is 0 Å². The maximum Gasteiger partial charge on any atom is 0.358 e. The number of nitrogens with one attached hydrogen (secondary N) is 2. The zero-order chi connectivity index (χ0) is 16.0. The predicted molar refractivity (Wildman–Crippen MR) is 63.6 cm³/mol. The van der Waals surface area contributed by atoms with Crippen molar-refractivity contribution in [3.63, 3.8) is 0 Å². The number of carboxylic acids is 1. The van der Waals surface area contributed by atoms with Gasteiger partial charge in [-0.2, -0.15) is 0 Å². The average molecular weight is 305 g/mol. The van der Waals surface area contributed by atoms with E-state index in [4.69, 9.17) is 5.11 Å². The molecule has 21 heavy (non-hydrogen) atoms. The fourth-order valence-corrected chi connectivity index (χ4v) is 1.44. The Balaban J connectivity index is 2.64. The summed E-state index contributed by atoms with van der Waals surface area (Å²) in [5.74, 6) is -2.58. The van der Waals surface area contributed by atoms with Gasteiger partial charge in [-0.05, 0) is 0 Å². The van der Waals surface area contributed by atoms with Gasteiger partial charge in [-0.3, -0.25) is 9.59 Å². The molecule has 1 aromatic rings. The van der Waals surface area contributed by atoms with Crippen molar-refractivity contribution in [3.8, 4) is 0 Å². The second-order valence-corrected chi connectivity index (χ2v) is 3.92. The van der Waals surface area contributed by atoms with Crippen LogP contribution in [0.25, 0.3) is 0 Å². The number of nitrogens with zero attached hydrogens (tertiary/aromatic N) is 3. The van der Waals surface area contributed by atoms with Gasteiger partial charge in [-0.25, -0.2) is 18.3 Å². The summed E-state index contributed by atoms with van der Waals surface area (Å²) in [7, 11) is 0. The summed E-state index contributed by atoms with van der Waals surface area (Å²) in [4.78, 5) is 32.8. The Labute approximate surface area is 117 Å². The molecular formula is C10H13F2N5O4. The zero-order valence-electron chi connectivity index (χ0n) is 11.0. The van der Waals surface area contributed by atoms with E-state index in [1.807, 2.05) is 0 Å². The van der Waals surface area contributed by atoms with Crippen LogP contribution in [-0.4, -0.2) is 51.0 Å². The topological polar surface area (TPSA) is 126 Å². The second kappa shape index (κ2) is 7.26. The lowest BCUT2D eigenvalue weighted by Gasteiger charge is -2.07. The maximum atomic E-state index is 12.8. The molecule has 0 bridgehead atoms. The number of hydrogen-bond acceptors (Lipinski definition) is 5. The SMILES string of the molecule is CC(=O)NCCNC(=O)Cn1nnc(C(=O)O)c1C(F)F. The van der Waals surface area contributed by atoms with Crippen LogP contribution < -0.4 is 10.6 Å². The number of aromatic nitrogens is 3. The minimum Gasteiger partial charge on any atom is -0.476 e. The fraction of sp³-hybridized carbons (Fsp3) is 0.500. The summed E-state index contributed by atoms with van der Waals surface area (Å²) >= 11 is 0. The molecule has 1 aromatic heterocycles. The van der Waals surface area contributed by atoms with Crippen LogP contribution in [-0.2, 0) is 16.1 Å². The standard InChI is InChI=1S/C10H13F2N5O4/c1-5(18)13-2-3-14-6(19)4-17-8(9(11)12)7(10(20)21)15-16-17/h9H,2-4H2,1H3,(H,13,18)(H,14,19)(H,20,21). The number of amides is 2. The van der Waals surface area contributed by atoms with Crippen molar-refractivity contribution in [3.05, 3.63) is 11.4 Å². The van der Waals surface area contributed by atoms with E-state index in [1.165, 1.54) is 6.92 Å². The molecule has 11 heteroatoms. The van der Waals surface area contributed by atoms with Gasteiger partial charge in [0.15, 0.2) is 5.69 Å². The monoisotopic (exact) mass is 305 g/mol. The smallest absolute Gasteiger partial charge is 0.358 e. The van der Waals surface area contributed by atoms with Gasteiger partial charge in [0.1, 0.15) is 12.2 Å². The van der Waals surface area contributed by atoms with Crippen molar-refractivity contribution >= 4 is 17.8 Å². The first-order valence-corrected chi connectivity index (χ1v) is 5.79.